The lowest BCUT2D eigenvalue weighted by atomic mass is 9.98. The Morgan fingerprint density at radius 3 is 2.00 bits per heavy atom. The van der Waals surface area contributed by atoms with E-state index in [0.29, 0.717) is 0 Å². The molecule has 3 aliphatic rings. The molecule has 1 aliphatic heterocycles. The number of rotatable bonds is 0. The molecule has 2 atom stereocenters. The molecular weight excluding hydrogens is 116 g/mol. The van der Waals surface area contributed by atoms with E-state index in [1.165, 1.54) is 11.8 Å². The van der Waals surface area contributed by atoms with Crippen LogP contribution in [0.2, 0.25) is 0 Å². The van der Waals surface area contributed by atoms with Crippen molar-refractivity contribution in [2.75, 3.05) is 0 Å². The van der Waals surface area contributed by atoms with Crippen molar-refractivity contribution in [3.05, 3.63) is 0 Å². The second kappa shape index (κ2) is 1.11. The minimum Gasteiger partial charge on any atom is -0.154 e. The van der Waals surface area contributed by atoms with Gasteiger partial charge in [0.15, 0.2) is 0 Å². The second-order valence-corrected chi connectivity index (χ2v) is 4.93. The summed E-state index contributed by atoms with van der Waals surface area (Å²) >= 11 is 2.27. The first-order valence-electron chi connectivity index (χ1n) is 3.59. The van der Waals surface area contributed by atoms with Crippen molar-refractivity contribution < 1.29 is 0 Å². The van der Waals surface area contributed by atoms with Crippen molar-refractivity contribution in [1.29, 1.82) is 0 Å². The predicted molar refractivity (Wildman–Crippen MR) is 36.0 cm³/mol. The molecule has 1 saturated heterocycles. The van der Waals surface area contributed by atoms with Gasteiger partial charge in [0.05, 0.1) is 0 Å². The SMILES string of the molecule is C1C2CC3SC1C3C2. The molecule has 3 fully saturated rings. The highest BCUT2D eigenvalue weighted by molar-refractivity contribution is 8.02. The molecule has 8 heavy (non-hydrogen) atoms. The molecular formula is C7H10S. The Kier molecular flexibility index (Phi) is 0.584. The summed E-state index contributed by atoms with van der Waals surface area (Å²) in [6, 6.07) is 0. The van der Waals surface area contributed by atoms with Gasteiger partial charge in [-0.25, -0.2) is 0 Å². The van der Waals surface area contributed by atoms with E-state index in [0.717, 1.165) is 10.5 Å². The molecule has 2 saturated carbocycles. The van der Waals surface area contributed by atoms with Crippen molar-refractivity contribution in [2.24, 2.45) is 11.8 Å². The molecule has 0 radical (unpaired) electrons. The minimum absolute atomic E-state index is 1.14. The summed E-state index contributed by atoms with van der Waals surface area (Å²) in [4.78, 5) is 0. The van der Waals surface area contributed by atoms with Crippen LogP contribution < -0.4 is 0 Å². The van der Waals surface area contributed by atoms with Gasteiger partial charge in [0, 0.05) is 10.5 Å². The predicted octanol–water partition coefficient (Wildman–Crippen LogP) is 1.90. The first kappa shape index (κ1) is 4.21. The first-order valence-corrected chi connectivity index (χ1v) is 4.53. The second-order valence-electron chi connectivity index (χ2n) is 3.45. The lowest BCUT2D eigenvalue weighted by Gasteiger charge is -2.40. The topological polar surface area (TPSA) is 0 Å². The van der Waals surface area contributed by atoms with E-state index >= 15 is 0 Å². The van der Waals surface area contributed by atoms with E-state index in [1.807, 2.05) is 0 Å². The van der Waals surface area contributed by atoms with Gasteiger partial charge >= 0.3 is 0 Å². The third kappa shape index (κ3) is 0.307. The highest BCUT2D eigenvalue weighted by atomic mass is 32.2. The van der Waals surface area contributed by atoms with Gasteiger partial charge in [0.25, 0.3) is 0 Å². The monoisotopic (exact) mass is 126 g/mol. The number of fused-ring (bicyclic) bond motifs is 1. The van der Waals surface area contributed by atoms with E-state index in [1.54, 1.807) is 19.3 Å². The van der Waals surface area contributed by atoms with Gasteiger partial charge in [-0.15, -0.1) is 0 Å². The molecule has 2 bridgehead atoms. The van der Waals surface area contributed by atoms with Gasteiger partial charge in [0.1, 0.15) is 0 Å². The number of hydrogen-bond acceptors (Lipinski definition) is 1. The van der Waals surface area contributed by atoms with Crippen LogP contribution in [0.5, 0.6) is 0 Å². The van der Waals surface area contributed by atoms with Crippen LogP contribution in [0.25, 0.3) is 0 Å². The largest absolute Gasteiger partial charge is 0.154 e. The normalized spacial score (nSPS) is 66.0. The molecule has 0 spiro atoms. The molecule has 2 aliphatic carbocycles. The van der Waals surface area contributed by atoms with Crippen LogP contribution >= 0.6 is 11.8 Å². The molecule has 0 aromatic heterocycles. The maximum Gasteiger partial charge on any atom is 0.00915 e. The molecule has 3 rings (SSSR count). The van der Waals surface area contributed by atoms with Crippen molar-refractivity contribution in [1.82, 2.24) is 0 Å². The third-order valence-electron chi connectivity index (χ3n) is 3.04. The average Bonchev–Trinajstić information content (AvgIpc) is 2.23. The van der Waals surface area contributed by atoms with Gasteiger partial charge in [-0.05, 0) is 31.1 Å². The van der Waals surface area contributed by atoms with Gasteiger partial charge < -0.3 is 0 Å². The van der Waals surface area contributed by atoms with Crippen LogP contribution in [0.3, 0.4) is 0 Å². The Morgan fingerprint density at radius 2 is 1.75 bits per heavy atom. The molecule has 0 amide bonds. The quantitative estimate of drug-likeness (QED) is 0.477. The Labute approximate surface area is 54.0 Å². The third-order valence-corrected chi connectivity index (χ3v) is 4.82. The van der Waals surface area contributed by atoms with Crippen molar-refractivity contribution in [3.8, 4) is 0 Å². The van der Waals surface area contributed by atoms with Gasteiger partial charge in [-0.3, -0.25) is 0 Å². The van der Waals surface area contributed by atoms with E-state index < -0.39 is 0 Å². The van der Waals surface area contributed by atoms with Crippen molar-refractivity contribution in [2.45, 2.75) is 29.8 Å². The van der Waals surface area contributed by atoms with Crippen LogP contribution in [0.1, 0.15) is 19.3 Å². The standard InChI is InChI=1S/C7H10S/c1-4-2-6-5(1)7(3-4)8-6/h4-7H,1-3H2. The minimum atomic E-state index is 1.14. The van der Waals surface area contributed by atoms with Gasteiger partial charge in [0.2, 0.25) is 0 Å². The molecule has 44 valence electrons. The smallest absolute Gasteiger partial charge is 0.00915 e. The van der Waals surface area contributed by atoms with Gasteiger partial charge in [-0.2, -0.15) is 11.8 Å². The summed E-state index contributed by atoms with van der Waals surface area (Å²) < 4.78 is 0. The van der Waals surface area contributed by atoms with E-state index in [2.05, 4.69) is 11.8 Å². The highest BCUT2D eigenvalue weighted by Crippen LogP contribution is 2.63. The Hall–Kier alpha value is 0.350. The summed E-state index contributed by atoms with van der Waals surface area (Å²) in [5.41, 5.74) is 0. The Morgan fingerprint density at radius 1 is 1.00 bits per heavy atom. The Bertz CT molecular complexity index is 118. The van der Waals surface area contributed by atoms with Crippen LogP contribution in [0, 0.1) is 11.8 Å². The van der Waals surface area contributed by atoms with E-state index in [9.17, 15) is 0 Å². The van der Waals surface area contributed by atoms with Crippen molar-refractivity contribution in [3.63, 3.8) is 0 Å². The molecule has 0 aromatic rings. The van der Waals surface area contributed by atoms with E-state index in [4.69, 9.17) is 0 Å². The Balaban J connectivity index is 2.03. The zero-order chi connectivity index (χ0) is 5.14. The zero-order valence-electron chi connectivity index (χ0n) is 4.84. The van der Waals surface area contributed by atoms with E-state index in [-0.39, 0.29) is 0 Å². The fourth-order valence-corrected chi connectivity index (χ4v) is 4.62. The maximum absolute atomic E-state index is 2.27. The van der Waals surface area contributed by atoms with Crippen LogP contribution in [-0.2, 0) is 0 Å². The summed E-state index contributed by atoms with van der Waals surface area (Å²) in [5.74, 6) is 2.38. The number of hydrogen-bond donors (Lipinski definition) is 0. The molecule has 0 nitrogen and oxygen atoms in total. The maximum atomic E-state index is 2.27. The van der Waals surface area contributed by atoms with Gasteiger partial charge in [-0.1, -0.05) is 0 Å². The average molecular weight is 126 g/mol. The van der Waals surface area contributed by atoms with Crippen LogP contribution in [0.4, 0.5) is 0 Å². The molecule has 2 unspecified atom stereocenters. The summed E-state index contributed by atoms with van der Waals surface area (Å²) in [6.07, 6.45) is 4.75. The zero-order valence-corrected chi connectivity index (χ0v) is 5.66. The van der Waals surface area contributed by atoms with Crippen LogP contribution in [-0.4, -0.2) is 10.5 Å². The summed E-state index contributed by atoms with van der Waals surface area (Å²) in [6.45, 7) is 0. The summed E-state index contributed by atoms with van der Waals surface area (Å²) in [7, 11) is 0. The molecule has 0 N–H and O–H groups in total. The molecule has 0 aromatic carbocycles. The molecule has 1 heterocycles. The lowest BCUT2D eigenvalue weighted by molar-refractivity contribution is 0.463. The molecule has 1 heteroatoms. The fourth-order valence-electron chi connectivity index (χ4n) is 2.67. The summed E-state index contributed by atoms with van der Waals surface area (Å²) in [5, 5.41) is 2.28. The van der Waals surface area contributed by atoms with Crippen molar-refractivity contribution >= 4 is 11.8 Å². The lowest BCUT2D eigenvalue weighted by Crippen LogP contribution is -2.36. The van der Waals surface area contributed by atoms with Crippen LogP contribution in [0.15, 0.2) is 0 Å². The number of thioether (sulfide) groups is 1. The fraction of sp³-hybridized carbons (Fsp3) is 1.00. The first-order chi connectivity index (χ1) is 3.93. The highest BCUT2D eigenvalue weighted by Gasteiger charge is 2.54.